The van der Waals surface area contributed by atoms with E-state index in [-0.39, 0.29) is 6.04 Å². The summed E-state index contributed by atoms with van der Waals surface area (Å²) in [5.74, 6) is 0.615. The lowest BCUT2D eigenvalue weighted by atomic mass is 10.1. The van der Waals surface area contributed by atoms with Gasteiger partial charge in [-0.2, -0.15) is 5.26 Å². The molecule has 1 N–H and O–H groups in total. The fraction of sp³-hybridized carbons (Fsp3) is 0.353. The minimum Gasteiger partial charge on any atom is -0.379 e. The van der Waals surface area contributed by atoms with E-state index in [0.29, 0.717) is 17.9 Å². The van der Waals surface area contributed by atoms with Gasteiger partial charge in [0.15, 0.2) is 0 Å². The fourth-order valence-corrected chi connectivity index (χ4v) is 2.71. The minimum atomic E-state index is 0.119. The van der Waals surface area contributed by atoms with Crippen LogP contribution in [0.15, 0.2) is 42.7 Å². The number of hydrogen-bond donors (Lipinski definition) is 1. The normalized spacial score (nSPS) is 16.5. The highest BCUT2D eigenvalue weighted by Crippen LogP contribution is 2.21. The van der Waals surface area contributed by atoms with E-state index < -0.39 is 0 Å². The Labute approximate surface area is 135 Å². The first-order valence-corrected chi connectivity index (χ1v) is 7.70. The van der Waals surface area contributed by atoms with E-state index in [1.165, 1.54) is 0 Å². The molecule has 0 bridgehead atoms. The minimum absolute atomic E-state index is 0.119. The first-order chi connectivity index (χ1) is 11.4. The lowest BCUT2D eigenvalue weighted by Crippen LogP contribution is -2.42. The summed E-state index contributed by atoms with van der Waals surface area (Å²) in [6, 6.07) is 11.8. The van der Waals surface area contributed by atoms with Crippen LogP contribution in [-0.2, 0) is 4.74 Å². The molecule has 1 aliphatic heterocycles. The summed E-state index contributed by atoms with van der Waals surface area (Å²) in [6.07, 6.45) is 3.50. The average Bonchev–Trinajstić information content (AvgIpc) is 2.64. The molecule has 6 nitrogen and oxygen atoms in total. The summed E-state index contributed by atoms with van der Waals surface area (Å²) in [7, 11) is 0. The van der Waals surface area contributed by atoms with Crippen molar-refractivity contribution in [3.8, 4) is 6.07 Å². The molecule has 1 aliphatic rings. The van der Waals surface area contributed by atoms with Gasteiger partial charge in [0.05, 0.1) is 30.5 Å². The van der Waals surface area contributed by atoms with Crippen LogP contribution in [0.4, 0.5) is 5.82 Å². The van der Waals surface area contributed by atoms with Crippen molar-refractivity contribution in [2.75, 3.05) is 38.2 Å². The number of ether oxygens (including phenoxy) is 1. The van der Waals surface area contributed by atoms with E-state index in [0.717, 1.165) is 32.0 Å². The molecule has 1 atom stereocenters. The highest BCUT2D eigenvalue weighted by molar-refractivity contribution is 5.51. The first kappa shape index (κ1) is 15.4. The first-order valence-electron chi connectivity index (χ1n) is 7.70. The zero-order valence-electron chi connectivity index (χ0n) is 12.9. The van der Waals surface area contributed by atoms with Crippen molar-refractivity contribution >= 4 is 5.82 Å². The van der Waals surface area contributed by atoms with E-state index in [1.807, 2.05) is 24.4 Å². The van der Waals surface area contributed by atoms with Crippen LogP contribution in [0.5, 0.6) is 0 Å². The predicted molar refractivity (Wildman–Crippen MR) is 86.8 cm³/mol. The van der Waals surface area contributed by atoms with Crippen molar-refractivity contribution < 1.29 is 4.74 Å². The molecule has 1 fully saturated rings. The average molecular weight is 309 g/mol. The van der Waals surface area contributed by atoms with Crippen molar-refractivity contribution in [3.05, 3.63) is 54.0 Å². The highest BCUT2D eigenvalue weighted by Gasteiger charge is 2.23. The summed E-state index contributed by atoms with van der Waals surface area (Å²) in [5.41, 5.74) is 1.56. The van der Waals surface area contributed by atoms with Crippen LogP contribution in [-0.4, -0.2) is 47.7 Å². The van der Waals surface area contributed by atoms with Crippen LogP contribution >= 0.6 is 0 Å². The maximum atomic E-state index is 9.18. The highest BCUT2D eigenvalue weighted by atomic mass is 16.5. The van der Waals surface area contributed by atoms with E-state index in [1.54, 1.807) is 18.3 Å². The number of hydrogen-bond acceptors (Lipinski definition) is 6. The molecule has 0 aliphatic carbocycles. The third-order valence-corrected chi connectivity index (χ3v) is 3.91. The lowest BCUT2D eigenvalue weighted by Gasteiger charge is -2.34. The standard InChI is InChI=1S/C17H19N5O/c18-12-14-4-3-7-20-17(14)21-13-16(15-5-1-2-6-19-15)22-8-10-23-11-9-22/h1-7,16H,8-11,13H2,(H,20,21). The van der Waals surface area contributed by atoms with Crippen molar-refractivity contribution in [3.63, 3.8) is 0 Å². The summed E-state index contributed by atoms with van der Waals surface area (Å²) in [5, 5.41) is 12.5. The molecule has 1 unspecified atom stereocenters. The topological polar surface area (TPSA) is 74.1 Å². The van der Waals surface area contributed by atoms with Gasteiger partial charge in [0.1, 0.15) is 11.9 Å². The number of pyridine rings is 2. The SMILES string of the molecule is N#Cc1cccnc1NCC(c1ccccn1)N1CCOCC1. The second-order valence-corrected chi connectivity index (χ2v) is 5.31. The second-order valence-electron chi connectivity index (χ2n) is 5.31. The number of nitrogens with zero attached hydrogens (tertiary/aromatic N) is 4. The van der Waals surface area contributed by atoms with Crippen molar-refractivity contribution in [2.24, 2.45) is 0 Å². The van der Waals surface area contributed by atoms with Gasteiger partial charge in [-0.05, 0) is 24.3 Å². The fourth-order valence-electron chi connectivity index (χ4n) is 2.71. The molecule has 0 radical (unpaired) electrons. The number of nitrogens with one attached hydrogen (secondary N) is 1. The van der Waals surface area contributed by atoms with Gasteiger partial charge >= 0.3 is 0 Å². The summed E-state index contributed by atoms with van der Waals surface area (Å²) in [6.45, 7) is 3.85. The van der Waals surface area contributed by atoms with Gasteiger partial charge in [0.25, 0.3) is 0 Å². The third kappa shape index (κ3) is 3.83. The van der Waals surface area contributed by atoms with Gasteiger partial charge < -0.3 is 10.1 Å². The molecular weight excluding hydrogens is 290 g/mol. The monoisotopic (exact) mass is 309 g/mol. The Kier molecular flexibility index (Phi) is 5.14. The quantitative estimate of drug-likeness (QED) is 0.908. The lowest BCUT2D eigenvalue weighted by molar-refractivity contribution is 0.0179. The van der Waals surface area contributed by atoms with E-state index in [9.17, 15) is 5.26 Å². The van der Waals surface area contributed by atoms with Gasteiger partial charge in [-0.15, -0.1) is 0 Å². The summed E-state index contributed by atoms with van der Waals surface area (Å²) >= 11 is 0. The van der Waals surface area contributed by atoms with Crippen LogP contribution in [0.2, 0.25) is 0 Å². The Balaban J connectivity index is 1.77. The molecule has 3 heterocycles. The molecule has 2 aromatic rings. The van der Waals surface area contributed by atoms with Gasteiger partial charge in [-0.3, -0.25) is 9.88 Å². The molecule has 0 saturated carbocycles. The molecule has 2 aromatic heterocycles. The maximum Gasteiger partial charge on any atom is 0.143 e. The van der Waals surface area contributed by atoms with E-state index in [4.69, 9.17) is 4.74 Å². The zero-order chi connectivity index (χ0) is 15.9. The van der Waals surface area contributed by atoms with Gasteiger partial charge in [-0.25, -0.2) is 4.98 Å². The van der Waals surface area contributed by atoms with Crippen LogP contribution in [0.25, 0.3) is 0 Å². The molecule has 0 aromatic carbocycles. The molecule has 3 rings (SSSR count). The van der Waals surface area contributed by atoms with E-state index >= 15 is 0 Å². The predicted octanol–water partition coefficient (Wildman–Crippen LogP) is 1.83. The maximum absolute atomic E-state index is 9.18. The molecule has 23 heavy (non-hydrogen) atoms. The smallest absolute Gasteiger partial charge is 0.143 e. The van der Waals surface area contributed by atoms with Gasteiger partial charge in [0.2, 0.25) is 0 Å². The molecule has 0 amide bonds. The Bertz CT molecular complexity index is 664. The molecular formula is C17H19N5O. The second kappa shape index (κ2) is 7.68. The third-order valence-electron chi connectivity index (χ3n) is 3.91. The Morgan fingerprint density at radius 2 is 2.00 bits per heavy atom. The number of nitriles is 1. The Morgan fingerprint density at radius 1 is 1.17 bits per heavy atom. The van der Waals surface area contributed by atoms with Gasteiger partial charge in [-0.1, -0.05) is 6.07 Å². The number of morpholine rings is 1. The molecule has 118 valence electrons. The van der Waals surface area contributed by atoms with Crippen LogP contribution in [0, 0.1) is 11.3 Å². The Morgan fingerprint density at radius 3 is 2.74 bits per heavy atom. The molecule has 0 spiro atoms. The zero-order valence-corrected chi connectivity index (χ0v) is 12.9. The van der Waals surface area contributed by atoms with Crippen LogP contribution in [0.3, 0.4) is 0 Å². The molecule has 6 heteroatoms. The summed E-state index contributed by atoms with van der Waals surface area (Å²) in [4.78, 5) is 11.1. The largest absolute Gasteiger partial charge is 0.379 e. The van der Waals surface area contributed by atoms with Crippen molar-refractivity contribution in [1.82, 2.24) is 14.9 Å². The summed E-state index contributed by atoms with van der Waals surface area (Å²) < 4.78 is 5.45. The van der Waals surface area contributed by atoms with Crippen LogP contribution < -0.4 is 5.32 Å². The van der Waals surface area contributed by atoms with Gasteiger partial charge in [0, 0.05) is 32.0 Å². The van der Waals surface area contributed by atoms with Crippen molar-refractivity contribution in [2.45, 2.75) is 6.04 Å². The number of aromatic nitrogens is 2. The number of anilines is 1. The van der Waals surface area contributed by atoms with E-state index in [2.05, 4.69) is 26.3 Å². The van der Waals surface area contributed by atoms with Crippen LogP contribution in [0.1, 0.15) is 17.3 Å². The van der Waals surface area contributed by atoms with Crippen molar-refractivity contribution in [1.29, 1.82) is 5.26 Å². The molecule has 1 saturated heterocycles. The Hall–Kier alpha value is -2.49. The number of rotatable bonds is 5.